The SMILES string of the molecule is CC1CCC(N2CCN(CC(O)COCc3ccco3)CC2)CC1. The third-order valence-corrected chi connectivity index (χ3v) is 5.51. The van der Waals surface area contributed by atoms with E-state index in [1.807, 2.05) is 12.1 Å². The smallest absolute Gasteiger partial charge is 0.129 e. The maximum atomic E-state index is 10.2. The first-order valence-corrected chi connectivity index (χ1v) is 9.45. The largest absolute Gasteiger partial charge is 0.467 e. The zero-order valence-electron chi connectivity index (χ0n) is 14.9. The Labute approximate surface area is 145 Å². The van der Waals surface area contributed by atoms with Crippen molar-refractivity contribution in [2.45, 2.75) is 51.4 Å². The molecule has 5 heteroatoms. The summed E-state index contributed by atoms with van der Waals surface area (Å²) in [5.41, 5.74) is 0. The van der Waals surface area contributed by atoms with Crippen LogP contribution in [0.5, 0.6) is 0 Å². The van der Waals surface area contributed by atoms with E-state index in [2.05, 4.69) is 16.7 Å². The summed E-state index contributed by atoms with van der Waals surface area (Å²) in [7, 11) is 0. The summed E-state index contributed by atoms with van der Waals surface area (Å²) in [5, 5.41) is 10.2. The predicted molar refractivity (Wildman–Crippen MR) is 93.8 cm³/mol. The van der Waals surface area contributed by atoms with Gasteiger partial charge in [0, 0.05) is 38.8 Å². The maximum absolute atomic E-state index is 10.2. The molecule has 1 unspecified atom stereocenters. The normalized spacial score (nSPS) is 28.1. The summed E-state index contributed by atoms with van der Waals surface area (Å²) < 4.78 is 10.7. The second kappa shape index (κ2) is 8.99. The van der Waals surface area contributed by atoms with E-state index in [1.165, 1.54) is 25.7 Å². The van der Waals surface area contributed by atoms with Crippen molar-refractivity contribution in [2.75, 3.05) is 39.3 Å². The van der Waals surface area contributed by atoms with Crippen LogP contribution >= 0.6 is 0 Å². The first kappa shape index (κ1) is 17.9. The lowest BCUT2D eigenvalue weighted by Gasteiger charge is -2.42. The highest BCUT2D eigenvalue weighted by Crippen LogP contribution is 2.27. The number of nitrogens with zero attached hydrogens (tertiary/aromatic N) is 2. The number of aliphatic hydroxyl groups is 1. The molecule has 24 heavy (non-hydrogen) atoms. The molecule has 2 aliphatic rings. The molecule has 1 saturated carbocycles. The van der Waals surface area contributed by atoms with Crippen molar-refractivity contribution in [1.82, 2.24) is 9.80 Å². The zero-order valence-corrected chi connectivity index (χ0v) is 14.9. The van der Waals surface area contributed by atoms with Crippen molar-refractivity contribution < 1.29 is 14.3 Å². The van der Waals surface area contributed by atoms with E-state index in [1.54, 1.807) is 6.26 Å². The fourth-order valence-electron chi connectivity index (χ4n) is 3.96. The van der Waals surface area contributed by atoms with E-state index in [0.29, 0.717) is 19.8 Å². The van der Waals surface area contributed by atoms with Crippen molar-refractivity contribution in [3.63, 3.8) is 0 Å². The third-order valence-electron chi connectivity index (χ3n) is 5.51. The van der Waals surface area contributed by atoms with Gasteiger partial charge in [0.1, 0.15) is 12.4 Å². The molecule has 3 rings (SSSR count). The number of piperazine rings is 1. The number of β-amino-alcohol motifs (C(OH)–C–C–N with tert-alkyl or cyclic N) is 1. The Morgan fingerprint density at radius 3 is 2.62 bits per heavy atom. The molecular formula is C19H32N2O3. The molecule has 2 heterocycles. The van der Waals surface area contributed by atoms with Gasteiger partial charge >= 0.3 is 0 Å². The van der Waals surface area contributed by atoms with E-state index in [4.69, 9.17) is 9.15 Å². The lowest BCUT2D eigenvalue weighted by molar-refractivity contribution is -0.00767. The molecule has 1 N–H and O–H groups in total. The van der Waals surface area contributed by atoms with Crippen LogP contribution in [0.1, 0.15) is 38.4 Å². The number of ether oxygens (including phenoxy) is 1. The fraction of sp³-hybridized carbons (Fsp3) is 0.789. The van der Waals surface area contributed by atoms with Gasteiger partial charge in [-0.05, 0) is 43.7 Å². The molecule has 0 radical (unpaired) electrons. The van der Waals surface area contributed by atoms with Crippen LogP contribution < -0.4 is 0 Å². The minimum atomic E-state index is -0.429. The van der Waals surface area contributed by atoms with E-state index < -0.39 is 6.10 Å². The van der Waals surface area contributed by atoms with Gasteiger partial charge in [0.15, 0.2) is 0 Å². The molecule has 1 aromatic rings. The second-order valence-electron chi connectivity index (χ2n) is 7.50. The lowest BCUT2D eigenvalue weighted by atomic mass is 9.86. The van der Waals surface area contributed by atoms with Gasteiger partial charge in [-0.3, -0.25) is 9.80 Å². The molecule has 5 nitrogen and oxygen atoms in total. The molecular weight excluding hydrogens is 304 g/mol. The van der Waals surface area contributed by atoms with E-state index in [9.17, 15) is 5.11 Å². The molecule has 1 atom stereocenters. The summed E-state index contributed by atoms with van der Waals surface area (Å²) in [5.74, 6) is 1.72. The Balaban J connectivity index is 1.30. The van der Waals surface area contributed by atoms with Gasteiger partial charge in [-0.25, -0.2) is 0 Å². The Morgan fingerprint density at radius 2 is 1.96 bits per heavy atom. The van der Waals surface area contributed by atoms with Crippen molar-refractivity contribution in [3.05, 3.63) is 24.2 Å². The molecule has 0 amide bonds. The minimum absolute atomic E-state index is 0.363. The topological polar surface area (TPSA) is 49.1 Å². The number of hydrogen-bond donors (Lipinski definition) is 1. The van der Waals surface area contributed by atoms with Crippen LogP contribution in [0, 0.1) is 5.92 Å². The number of rotatable bonds is 7. The lowest BCUT2D eigenvalue weighted by Crippen LogP contribution is -2.52. The van der Waals surface area contributed by atoms with Crippen molar-refractivity contribution in [3.8, 4) is 0 Å². The third kappa shape index (κ3) is 5.31. The standard InChI is InChI=1S/C19H32N2O3/c1-16-4-6-17(7-5-16)21-10-8-20(9-11-21)13-18(22)14-23-15-19-3-2-12-24-19/h2-3,12,16-18,22H,4-11,13-15H2,1H3. The van der Waals surface area contributed by atoms with Gasteiger partial charge in [0.2, 0.25) is 0 Å². The van der Waals surface area contributed by atoms with Crippen molar-refractivity contribution >= 4 is 0 Å². The fourth-order valence-corrected chi connectivity index (χ4v) is 3.96. The Hall–Kier alpha value is -0.880. The molecule has 1 aliphatic carbocycles. The van der Waals surface area contributed by atoms with Crippen LogP contribution in [-0.2, 0) is 11.3 Å². The van der Waals surface area contributed by atoms with Gasteiger partial charge < -0.3 is 14.3 Å². The molecule has 1 aliphatic heterocycles. The van der Waals surface area contributed by atoms with E-state index >= 15 is 0 Å². The van der Waals surface area contributed by atoms with Gasteiger partial charge in [0.05, 0.1) is 19.0 Å². The summed E-state index contributed by atoms with van der Waals surface area (Å²) in [4.78, 5) is 5.03. The second-order valence-corrected chi connectivity index (χ2v) is 7.50. The average Bonchev–Trinajstić information content (AvgIpc) is 3.10. The molecule has 0 bridgehead atoms. The van der Waals surface area contributed by atoms with Gasteiger partial charge in [-0.1, -0.05) is 6.92 Å². The van der Waals surface area contributed by atoms with Crippen LogP contribution in [0.3, 0.4) is 0 Å². The van der Waals surface area contributed by atoms with Crippen LogP contribution in [-0.4, -0.2) is 66.4 Å². The molecule has 1 aromatic heterocycles. The average molecular weight is 336 g/mol. The van der Waals surface area contributed by atoms with Crippen molar-refractivity contribution in [1.29, 1.82) is 0 Å². The quantitative estimate of drug-likeness (QED) is 0.828. The summed E-state index contributed by atoms with van der Waals surface area (Å²) in [6, 6.07) is 4.53. The monoisotopic (exact) mass is 336 g/mol. The van der Waals surface area contributed by atoms with Crippen LogP contribution in [0.2, 0.25) is 0 Å². The van der Waals surface area contributed by atoms with E-state index in [0.717, 1.165) is 43.9 Å². The predicted octanol–water partition coefficient (Wildman–Crippen LogP) is 2.35. The Kier molecular flexibility index (Phi) is 6.72. The highest BCUT2D eigenvalue weighted by molar-refractivity contribution is 4.96. The van der Waals surface area contributed by atoms with Gasteiger partial charge in [-0.2, -0.15) is 0 Å². The first-order chi connectivity index (χ1) is 11.7. The highest BCUT2D eigenvalue weighted by atomic mass is 16.5. The number of furan rings is 1. The van der Waals surface area contributed by atoms with Crippen LogP contribution in [0.25, 0.3) is 0 Å². The van der Waals surface area contributed by atoms with Gasteiger partial charge in [0.25, 0.3) is 0 Å². The van der Waals surface area contributed by atoms with E-state index in [-0.39, 0.29) is 0 Å². The first-order valence-electron chi connectivity index (χ1n) is 9.45. The number of aliphatic hydroxyl groups excluding tert-OH is 1. The van der Waals surface area contributed by atoms with Crippen LogP contribution in [0.15, 0.2) is 22.8 Å². The zero-order chi connectivity index (χ0) is 16.8. The summed E-state index contributed by atoms with van der Waals surface area (Å²) >= 11 is 0. The van der Waals surface area contributed by atoms with Crippen LogP contribution in [0.4, 0.5) is 0 Å². The summed E-state index contributed by atoms with van der Waals surface area (Å²) in [6.45, 7) is 8.26. The molecule has 136 valence electrons. The highest BCUT2D eigenvalue weighted by Gasteiger charge is 2.27. The molecule has 0 spiro atoms. The molecule has 0 aromatic carbocycles. The summed E-state index contributed by atoms with van der Waals surface area (Å²) in [6.07, 6.45) is 6.71. The van der Waals surface area contributed by atoms with Gasteiger partial charge in [-0.15, -0.1) is 0 Å². The molecule has 2 fully saturated rings. The van der Waals surface area contributed by atoms with Crippen molar-refractivity contribution in [2.24, 2.45) is 5.92 Å². The maximum Gasteiger partial charge on any atom is 0.129 e. The Morgan fingerprint density at radius 1 is 1.21 bits per heavy atom. The molecule has 1 saturated heterocycles. The minimum Gasteiger partial charge on any atom is -0.467 e. The Bertz CT molecular complexity index is 449. The number of hydrogen-bond acceptors (Lipinski definition) is 5.